The summed E-state index contributed by atoms with van der Waals surface area (Å²) < 4.78 is 0. The summed E-state index contributed by atoms with van der Waals surface area (Å²) in [5.74, 6) is 0. The van der Waals surface area contributed by atoms with Crippen LogP contribution in [0.1, 0.15) is 36.4 Å². The van der Waals surface area contributed by atoms with Gasteiger partial charge in [-0.15, -0.1) is 0 Å². The van der Waals surface area contributed by atoms with Crippen LogP contribution < -0.4 is 0 Å². The molecule has 86 valence electrons. The number of benzene rings is 1. The summed E-state index contributed by atoms with van der Waals surface area (Å²) in [6.07, 6.45) is 3.96. The Hall–Kier alpha value is -0.340. The van der Waals surface area contributed by atoms with E-state index < -0.39 is 0 Å². The molecule has 0 N–H and O–H groups in total. The molecule has 3 rings (SSSR count). The van der Waals surface area contributed by atoms with E-state index in [1.54, 1.807) is 11.1 Å². The molecule has 0 aliphatic heterocycles. The molecule has 2 aliphatic rings. The molecule has 0 saturated heterocycles. The van der Waals surface area contributed by atoms with Crippen molar-refractivity contribution in [3.05, 3.63) is 35.4 Å². The maximum absolute atomic E-state index is 3.92. The van der Waals surface area contributed by atoms with Gasteiger partial charge in [0.25, 0.3) is 0 Å². The van der Waals surface area contributed by atoms with Gasteiger partial charge in [0.15, 0.2) is 0 Å². The standard InChI is InChI=1S/C14H18BrN/c1-16(2)12-9-13(15)14(7-8-14)11-6-4-3-5-10(11)12/h3-6,12-13H,7-9H2,1-2H3. The lowest BCUT2D eigenvalue weighted by molar-refractivity contribution is 0.259. The van der Waals surface area contributed by atoms with Gasteiger partial charge in [-0.25, -0.2) is 0 Å². The molecular weight excluding hydrogens is 262 g/mol. The van der Waals surface area contributed by atoms with E-state index in [0.717, 1.165) is 0 Å². The fourth-order valence-corrected chi connectivity index (χ4v) is 4.22. The first-order valence-electron chi connectivity index (χ1n) is 6.05. The summed E-state index contributed by atoms with van der Waals surface area (Å²) in [7, 11) is 4.37. The number of nitrogens with zero attached hydrogens (tertiary/aromatic N) is 1. The third-order valence-corrected chi connectivity index (χ3v) is 5.55. The fraction of sp³-hybridized carbons (Fsp3) is 0.571. The highest BCUT2D eigenvalue weighted by Crippen LogP contribution is 2.60. The molecule has 1 saturated carbocycles. The minimum atomic E-state index is 0.475. The van der Waals surface area contributed by atoms with Gasteiger partial charge in [-0.3, -0.25) is 0 Å². The number of hydrogen-bond donors (Lipinski definition) is 0. The van der Waals surface area contributed by atoms with Gasteiger partial charge in [-0.1, -0.05) is 40.2 Å². The van der Waals surface area contributed by atoms with Crippen molar-refractivity contribution in [2.24, 2.45) is 0 Å². The van der Waals surface area contributed by atoms with Crippen molar-refractivity contribution in [3.63, 3.8) is 0 Å². The summed E-state index contributed by atoms with van der Waals surface area (Å²) >= 11 is 3.92. The highest BCUT2D eigenvalue weighted by atomic mass is 79.9. The molecule has 0 heterocycles. The molecule has 1 spiro atoms. The highest BCUT2D eigenvalue weighted by Gasteiger charge is 2.54. The highest BCUT2D eigenvalue weighted by molar-refractivity contribution is 9.09. The molecule has 1 aromatic carbocycles. The Labute approximate surface area is 106 Å². The number of halogens is 1. The lowest BCUT2D eigenvalue weighted by Gasteiger charge is -2.39. The van der Waals surface area contributed by atoms with Gasteiger partial charge in [-0.2, -0.15) is 0 Å². The van der Waals surface area contributed by atoms with Crippen molar-refractivity contribution in [1.82, 2.24) is 4.90 Å². The van der Waals surface area contributed by atoms with Crippen LogP contribution in [0.5, 0.6) is 0 Å². The van der Waals surface area contributed by atoms with Crippen LogP contribution in [0.4, 0.5) is 0 Å². The largest absolute Gasteiger partial charge is 0.302 e. The third-order valence-electron chi connectivity index (χ3n) is 4.30. The molecular formula is C14H18BrN. The zero-order valence-electron chi connectivity index (χ0n) is 9.91. The SMILES string of the molecule is CN(C)C1CC(Br)C2(CC2)c2ccccc21. The zero-order chi connectivity index (χ0) is 11.3. The van der Waals surface area contributed by atoms with Crippen molar-refractivity contribution in [1.29, 1.82) is 0 Å². The van der Waals surface area contributed by atoms with Gasteiger partial charge < -0.3 is 4.90 Å². The van der Waals surface area contributed by atoms with Crippen molar-refractivity contribution in [3.8, 4) is 0 Å². The predicted octanol–water partition coefficient (Wildman–Crippen LogP) is 3.49. The van der Waals surface area contributed by atoms with Crippen LogP contribution in [0.15, 0.2) is 24.3 Å². The summed E-state index contributed by atoms with van der Waals surface area (Å²) in [5.41, 5.74) is 3.63. The van der Waals surface area contributed by atoms with Crippen LogP contribution in [0.2, 0.25) is 0 Å². The van der Waals surface area contributed by atoms with Crippen LogP contribution in [-0.2, 0) is 5.41 Å². The van der Waals surface area contributed by atoms with Crippen molar-refractivity contribution < 1.29 is 0 Å². The molecule has 2 atom stereocenters. The molecule has 0 aromatic heterocycles. The molecule has 2 heteroatoms. The second-order valence-electron chi connectivity index (χ2n) is 5.43. The minimum absolute atomic E-state index is 0.475. The fourth-order valence-electron chi connectivity index (χ4n) is 3.16. The zero-order valence-corrected chi connectivity index (χ0v) is 11.5. The van der Waals surface area contributed by atoms with Crippen LogP contribution in [0.25, 0.3) is 0 Å². The van der Waals surface area contributed by atoms with Crippen LogP contribution in [0.3, 0.4) is 0 Å². The van der Waals surface area contributed by atoms with Crippen molar-refractivity contribution in [2.45, 2.75) is 35.5 Å². The normalized spacial score (nSPS) is 30.5. The average Bonchev–Trinajstić information content (AvgIpc) is 3.05. The topological polar surface area (TPSA) is 3.24 Å². The Morgan fingerprint density at radius 3 is 2.56 bits per heavy atom. The molecule has 1 aromatic rings. The molecule has 0 bridgehead atoms. The number of hydrogen-bond acceptors (Lipinski definition) is 1. The van der Waals surface area contributed by atoms with E-state index in [0.29, 0.717) is 16.3 Å². The summed E-state index contributed by atoms with van der Waals surface area (Å²) in [6, 6.07) is 9.61. The van der Waals surface area contributed by atoms with Crippen LogP contribution >= 0.6 is 15.9 Å². The van der Waals surface area contributed by atoms with E-state index >= 15 is 0 Å². The second-order valence-corrected chi connectivity index (χ2v) is 6.53. The quantitative estimate of drug-likeness (QED) is 0.712. The minimum Gasteiger partial charge on any atom is -0.302 e. The summed E-state index contributed by atoms with van der Waals surface area (Å²) in [4.78, 5) is 3.00. The number of alkyl halides is 1. The average molecular weight is 280 g/mol. The lowest BCUT2D eigenvalue weighted by atomic mass is 9.77. The summed E-state index contributed by atoms with van der Waals surface area (Å²) in [5, 5.41) is 0. The Morgan fingerprint density at radius 2 is 1.94 bits per heavy atom. The maximum atomic E-state index is 3.92. The van der Waals surface area contributed by atoms with E-state index in [9.17, 15) is 0 Å². The molecule has 16 heavy (non-hydrogen) atoms. The predicted molar refractivity (Wildman–Crippen MR) is 71.1 cm³/mol. The van der Waals surface area contributed by atoms with E-state index in [-0.39, 0.29) is 0 Å². The summed E-state index contributed by atoms with van der Waals surface area (Å²) in [6.45, 7) is 0. The van der Waals surface area contributed by atoms with Gasteiger partial charge >= 0.3 is 0 Å². The third kappa shape index (κ3) is 1.39. The smallest absolute Gasteiger partial charge is 0.0355 e. The first-order valence-corrected chi connectivity index (χ1v) is 6.96. The van der Waals surface area contributed by atoms with Gasteiger partial charge in [0.2, 0.25) is 0 Å². The molecule has 0 amide bonds. The Morgan fingerprint density at radius 1 is 1.25 bits per heavy atom. The van der Waals surface area contributed by atoms with Gasteiger partial charge in [0.05, 0.1) is 0 Å². The van der Waals surface area contributed by atoms with E-state index in [4.69, 9.17) is 0 Å². The molecule has 2 unspecified atom stereocenters. The Kier molecular flexibility index (Phi) is 2.41. The van der Waals surface area contributed by atoms with E-state index in [1.807, 2.05) is 0 Å². The monoisotopic (exact) mass is 279 g/mol. The number of fused-ring (bicyclic) bond motifs is 2. The van der Waals surface area contributed by atoms with Gasteiger partial charge in [0.1, 0.15) is 0 Å². The Bertz CT molecular complexity index is 409. The lowest BCUT2D eigenvalue weighted by Crippen LogP contribution is -2.35. The Balaban J connectivity index is 2.11. The van der Waals surface area contributed by atoms with Crippen LogP contribution in [-0.4, -0.2) is 23.8 Å². The first kappa shape index (κ1) is 10.8. The van der Waals surface area contributed by atoms with E-state index in [1.165, 1.54) is 19.3 Å². The maximum Gasteiger partial charge on any atom is 0.0355 e. The van der Waals surface area contributed by atoms with Crippen LogP contribution in [0, 0.1) is 0 Å². The second kappa shape index (κ2) is 3.58. The molecule has 0 radical (unpaired) electrons. The van der Waals surface area contributed by atoms with Crippen molar-refractivity contribution in [2.75, 3.05) is 14.1 Å². The van der Waals surface area contributed by atoms with Gasteiger partial charge in [-0.05, 0) is 44.5 Å². The van der Waals surface area contributed by atoms with E-state index in [2.05, 4.69) is 59.2 Å². The molecule has 1 nitrogen and oxygen atoms in total. The van der Waals surface area contributed by atoms with Crippen molar-refractivity contribution >= 4 is 15.9 Å². The first-order chi connectivity index (χ1) is 7.65. The van der Waals surface area contributed by atoms with Gasteiger partial charge in [0, 0.05) is 16.3 Å². The molecule has 2 aliphatic carbocycles. The molecule has 1 fully saturated rings. The number of rotatable bonds is 1.